The van der Waals surface area contributed by atoms with E-state index in [1.807, 2.05) is 32.1 Å². The van der Waals surface area contributed by atoms with E-state index in [2.05, 4.69) is 37.1 Å². The van der Waals surface area contributed by atoms with Crippen LogP contribution in [0, 0.1) is 12.7 Å². The largest absolute Gasteiger partial charge is 0.494 e. The number of halogens is 1. The molecule has 11 heteroatoms. The van der Waals surface area contributed by atoms with Crippen LogP contribution in [0.1, 0.15) is 5.89 Å². The fraction of sp³-hybridized carbons (Fsp3) is 0.259. The summed E-state index contributed by atoms with van der Waals surface area (Å²) in [5, 5.41) is 6.02. The van der Waals surface area contributed by atoms with E-state index in [4.69, 9.17) is 9.15 Å². The van der Waals surface area contributed by atoms with Crippen LogP contribution in [-0.2, 0) is 4.79 Å². The molecular formula is C27H30FN7O3. The van der Waals surface area contributed by atoms with Crippen LogP contribution in [-0.4, -0.2) is 67.1 Å². The molecule has 198 valence electrons. The Kier molecular flexibility index (Phi) is 7.87. The van der Waals surface area contributed by atoms with Gasteiger partial charge in [0.25, 0.3) is 0 Å². The number of aryl methyl sites for hydroxylation is 1. The van der Waals surface area contributed by atoms with Gasteiger partial charge < -0.3 is 29.6 Å². The molecule has 0 atom stereocenters. The maximum absolute atomic E-state index is 14.6. The van der Waals surface area contributed by atoms with E-state index in [9.17, 15) is 9.18 Å². The Morgan fingerprint density at radius 1 is 1.16 bits per heavy atom. The zero-order valence-electron chi connectivity index (χ0n) is 22.0. The van der Waals surface area contributed by atoms with Crippen molar-refractivity contribution in [2.24, 2.45) is 0 Å². The molecule has 2 aromatic carbocycles. The number of amides is 1. The van der Waals surface area contributed by atoms with Gasteiger partial charge in [-0.05, 0) is 44.4 Å². The number of carbonyl (C=O) groups excluding carboxylic acids is 1. The van der Waals surface area contributed by atoms with Crippen molar-refractivity contribution in [1.29, 1.82) is 0 Å². The van der Waals surface area contributed by atoms with Crippen molar-refractivity contribution in [1.82, 2.24) is 19.9 Å². The number of methoxy groups -OCH3 is 1. The van der Waals surface area contributed by atoms with Crippen LogP contribution in [0.3, 0.4) is 0 Å². The number of nitrogens with zero attached hydrogens (tertiary/aromatic N) is 5. The van der Waals surface area contributed by atoms with Crippen molar-refractivity contribution >= 4 is 40.0 Å². The summed E-state index contributed by atoms with van der Waals surface area (Å²) >= 11 is 0. The molecular weight excluding hydrogens is 489 g/mol. The van der Waals surface area contributed by atoms with Gasteiger partial charge in [-0.3, -0.25) is 4.79 Å². The van der Waals surface area contributed by atoms with E-state index in [-0.39, 0.29) is 17.4 Å². The molecule has 0 aliphatic rings. The maximum Gasteiger partial charge on any atom is 0.247 e. The summed E-state index contributed by atoms with van der Waals surface area (Å²) in [6.45, 7) is 6.75. The molecule has 0 aliphatic carbocycles. The van der Waals surface area contributed by atoms with Crippen molar-refractivity contribution in [3.8, 4) is 17.0 Å². The van der Waals surface area contributed by atoms with Crippen LogP contribution < -0.4 is 20.3 Å². The molecule has 0 spiro atoms. The van der Waals surface area contributed by atoms with Crippen molar-refractivity contribution in [3.05, 3.63) is 60.9 Å². The van der Waals surface area contributed by atoms with E-state index in [0.717, 1.165) is 18.8 Å². The summed E-state index contributed by atoms with van der Waals surface area (Å²) < 4.78 is 25.6. The van der Waals surface area contributed by atoms with Gasteiger partial charge in [-0.25, -0.2) is 19.3 Å². The van der Waals surface area contributed by atoms with Crippen LogP contribution >= 0.6 is 0 Å². The zero-order chi connectivity index (χ0) is 27.4. The maximum atomic E-state index is 14.6. The van der Waals surface area contributed by atoms with E-state index < -0.39 is 5.82 Å². The monoisotopic (exact) mass is 519 g/mol. The Morgan fingerprint density at radius 3 is 2.66 bits per heavy atom. The quantitative estimate of drug-likeness (QED) is 0.290. The standard InChI is InChI=1S/C27H30FN7O3/c1-7-25(36)31-20-14-21(24(37-6)15-23(20)35(5)11-10-34(3)4)33-27-29-9-8-19(32-27)17-12-18(28)26-22(13-17)30-16(2)38-26/h7-9,12-15H,1,10-11H2,2-6H3,(H,31,36)(H,29,32,33). The van der Waals surface area contributed by atoms with Crippen molar-refractivity contribution in [2.45, 2.75) is 6.92 Å². The van der Waals surface area contributed by atoms with Crippen LogP contribution in [0.5, 0.6) is 5.75 Å². The Labute approximate surface area is 220 Å². The summed E-state index contributed by atoms with van der Waals surface area (Å²) in [5.74, 6) is 0.287. The number of hydrogen-bond donors (Lipinski definition) is 2. The minimum absolute atomic E-state index is 0.105. The number of oxazole rings is 1. The number of fused-ring (bicyclic) bond motifs is 1. The van der Waals surface area contributed by atoms with Crippen molar-refractivity contribution in [2.75, 3.05) is 56.9 Å². The second-order valence-corrected chi connectivity index (χ2v) is 8.92. The number of carbonyl (C=O) groups is 1. The normalized spacial score (nSPS) is 11.0. The highest BCUT2D eigenvalue weighted by molar-refractivity contribution is 6.02. The third kappa shape index (κ3) is 5.89. The highest BCUT2D eigenvalue weighted by Crippen LogP contribution is 2.38. The Bertz CT molecular complexity index is 1490. The predicted octanol–water partition coefficient (Wildman–Crippen LogP) is 4.61. The van der Waals surface area contributed by atoms with Crippen LogP contribution in [0.25, 0.3) is 22.4 Å². The molecule has 10 nitrogen and oxygen atoms in total. The van der Waals surface area contributed by atoms with Crippen LogP contribution in [0.15, 0.2) is 53.6 Å². The smallest absolute Gasteiger partial charge is 0.247 e. The molecule has 0 saturated carbocycles. The lowest BCUT2D eigenvalue weighted by molar-refractivity contribution is -0.111. The molecule has 0 aliphatic heterocycles. The number of nitrogens with one attached hydrogen (secondary N) is 2. The summed E-state index contributed by atoms with van der Waals surface area (Å²) in [7, 11) is 7.49. The SMILES string of the molecule is C=CC(=O)Nc1cc(Nc2nccc(-c3cc(F)c4oc(C)nc4c3)n2)c(OC)cc1N(C)CCN(C)C. The first-order valence-electron chi connectivity index (χ1n) is 11.9. The van der Waals surface area contributed by atoms with Gasteiger partial charge in [-0.15, -0.1) is 0 Å². The molecule has 4 rings (SSSR count). The first kappa shape index (κ1) is 26.6. The number of hydrogen-bond acceptors (Lipinski definition) is 9. The van der Waals surface area contributed by atoms with Gasteiger partial charge in [0, 0.05) is 44.9 Å². The summed E-state index contributed by atoms with van der Waals surface area (Å²) in [6.07, 6.45) is 2.77. The molecule has 2 heterocycles. The number of likely N-dealkylation sites (N-methyl/N-ethyl adjacent to an activating group) is 2. The lowest BCUT2D eigenvalue weighted by atomic mass is 10.1. The van der Waals surface area contributed by atoms with Gasteiger partial charge in [0.05, 0.1) is 29.9 Å². The highest BCUT2D eigenvalue weighted by Gasteiger charge is 2.17. The molecule has 2 N–H and O–H groups in total. The predicted molar refractivity (Wildman–Crippen MR) is 147 cm³/mol. The molecule has 4 aromatic rings. The second kappa shape index (κ2) is 11.3. The van der Waals surface area contributed by atoms with E-state index in [0.29, 0.717) is 39.8 Å². The van der Waals surface area contributed by atoms with Crippen molar-refractivity contribution < 1.29 is 18.3 Å². The molecule has 0 radical (unpaired) electrons. The third-order valence-electron chi connectivity index (χ3n) is 5.80. The van der Waals surface area contributed by atoms with Crippen LogP contribution in [0.4, 0.5) is 27.4 Å². The number of aromatic nitrogens is 3. The molecule has 1 amide bonds. The fourth-order valence-electron chi connectivity index (χ4n) is 3.86. The highest BCUT2D eigenvalue weighted by atomic mass is 19.1. The third-order valence-corrected chi connectivity index (χ3v) is 5.80. The zero-order valence-corrected chi connectivity index (χ0v) is 22.0. The summed E-state index contributed by atoms with van der Waals surface area (Å²) in [6, 6.07) is 8.32. The number of ether oxygens (including phenoxy) is 1. The molecule has 38 heavy (non-hydrogen) atoms. The molecule has 2 aromatic heterocycles. The summed E-state index contributed by atoms with van der Waals surface area (Å²) in [5.41, 5.74) is 3.38. The average Bonchev–Trinajstić information content (AvgIpc) is 3.28. The van der Waals surface area contributed by atoms with Crippen molar-refractivity contribution in [3.63, 3.8) is 0 Å². The first-order valence-corrected chi connectivity index (χ1v) is 11.9. The van der Waals surface area contributed by atoms with E-state index in [1.165, 1.54) is 12.1 Å². The average molecular weight is 520 g/mol. The number of benzene rings is 2. The minimum atomic E-state index is -0.524. The lowest BCUT2D eigenvalue weighted by Gasteiger charge is -2.26. The van der Waals surface area contributed by atoms with E-state index >= 15 is 0 Å². The first-order chi connectivity index (χ1) is 18.2. The number of rotatable bonds is 10. The minimum Gasteiger partial charge on any atom is -0.494 e. The Hall–Kier alpha value is -4.51. The van der Waals surface area contributed by atoms with Gasteiger partial charge in [-0.1, -0.05) is 6.58 Å². The molecule has 0 saturated heterocycles. The lowest BCUT2D eigenvalue weighted by Crippen LogP contribution is -2.29. The van der Waals surface area contributed by atoms with Gasteiger partial charge in [0.2, 0.25) is 11.9 Å². The topological polar surface area (TPSA) is 109 Å². The fourth-order valence-corrected chi connectivity index (χ4v) is 3.86. The van der Waals surface area contributed by atoms with Crippen LogP contribution in [0.2, 0.25) is 0 Å². The second-order valence-electron chi connectivity index (χ2n) is 8.92. The van der Waals surface area contributed by atoms with Gasteiger partial charge >= 0.3 is 0 Å². The Morgan fingerprint density at radius 2 is 1.95 bits per heavy atom. The van der Waals surface area contributed by atoms with Gasteiger partial charge in [0.15, 0.2) is 17.3 Å². The molecule has 0 unspecified atom stereocenters. The van der Waals surface area contributed by atoms with Gasteiger partial charge in [-0.2, -0.15) is 0 Å². The molecule has 0 fully saturated rings. The number of anilines is 4. The summed E-state index contributed by atoms with van der Waals surface area (Å²) in [4.78, 5) is 29.4. The Balaban J connectivity index is 1.69. The van der Waals surface area contributed by atoms with Gasteiger partial charge in [0.1, 0.15) is 11.3 Å². The molecule has 0 bridgehead atoms. The van der Waals surface area contributed by atoms with E-state index in [1.54, 1.807) is 38.4 Å².